The molecule has 0 saturated carbocycles. The summed E-state index contributed by atoms with van der Waals surface area (Å²) >= 11 is 0. The molecule has 30 atom stereocenters. The summed E-state index contributed by atoms with van der Waals surface area (Å²) in [5.74, 6) is 0.767. The minimum atomic E-state index is -1.54. The SMILES string of the molecule is C#CCCCOC1OC(CO)[C@@H](O[C@@H]2OC(C)[C@H](O[C@@H]3OC(CO)[C@@H](O[C@@H]4OC(C)[C@@H](O[C@@H]5OC(CO)[C@@H](O[C@@H]6OC(C)[C@@H](C)[C@@H](OCc7ccccc7)C6O)[C@H](C)C5N)[C@@H](OCc5ccccc5)C4O)[C@H](C)C3N)[C@@H](OCc3ccccc3)C2O)[C@H](C)C1N. The standard InChI is InChI=1S/C66H97N3O21/c1-9-10-20-27-76-61-47(67)35(3)53(44(28-70)83-61)87-65-51(74)59(78-32-42-23-16-12-17-24-42)57(39(7)81-65)90-63-49(69)37(5)55(46(30-72)85-63)88-66-52(75)60(79-33-43-25-18-13-19-26-43)58(40(8)82-66)89-62-48(68)36(4)54(45(29-71)84-62)86-64-50(73)56(34(2)38(6)80-64)77-31-41-21-14-11-15-22-41/h1,11-19,21-26,34-40,44-66,70-75H,10,20,27-33,67-69H2,2-8H3/t34-,35-,36-,37-,38?,39?,40?,44?,45?,46?,47?,48?,49?,50?,51?,52?,53+,54+,55+,56-,57+,58-,59+,60+,61?,62+,63+,64+,65+,66+/m1/s1. The molecular formula is C66H97N3O21. The smallest absolute Gasteiger partial charge is 0.186 e. The number of ether oxygens (including phenoxy) is 15. The number of aliphatic hydroxyl groups excluding tert-OH is 6. The molecule has 24 nitrogen and oxygen atoms in total. The highest BCUT2D eigenvalue weighted by molar-refractivity contribution is 5.16. The molecule has 6 heterocycles. The van der Waals surface area contributed by atoms with Crippen LogP contribution in [0.2, 0.25) is 0 Å². The molecule has 13 unspecified atom stereocenters. The maximum Gasteiger partial charge on any atom is 0.186 e. The molecule has 0 aromatic heterocycles. The molecule has 3 aromatic carbocycles. The fourth-order valence-electron chi connectivity index (χ4n) is 12.8. The lowest BCUT2D eigenvalue weighted by Gasteiger charge is -2.51. The summed E-state index contributed by atoms with van der Waals surface area (Å²) < 4.78 is 96.5. The molecule has 9 rings (SSSR count). The van der Waals surface area contributed by atoms with Crippen molar-refractivity contribution in [2.75, 3.05) is 26.4 Å². The molecule has 6 aliphatic rings. The Morgan fingerprint density at radius 3 is 1.08 bits per heavy atom. The number of rotatable bonds is 26. The maximum atomic E-state index is 12.4. The van der Waals surface area contributed by atoms with E-state index in [0.29, 0.717) is 19.4 Å². The molecule has 0 amide bonds. The van der Waals surface area contributed by atoms with Crippen molar-refractivity contribution < 1.29 is 102 Å². The Bertz CT molecular complexity index is 2620. The van der Waals surface area contributed by atoms with Gasteiger partial charge in [0.1, 0.15) is 61.0 Å². The van der Waals surface area contributed by atoms with E-state index in [2.05, 4.69) is 5.92 Å². The van der Waals surface area contributed by atoms with Gasteiger partial charge < -0.3 is 119 Å². The quantitative estimate of drug-likeness (QED) is 0.0410. The summed E-state index contributed by atoms with van der Waals surface area (Å²) in [7, 11) is 0. The van der Waals surface area contributed by atoms with Crippen molar-refractivity contribution in [3.8, 4) is 12.3 Å². The first-order valence-electron chi connectivity index (χ1n) is 31.7. The van der Waals surface area contributed by atoms with Crippen molar-refractivity contribution >= 4 is 0 Å². The number of aliphatic hydroxyl groups is 6. The Kier molecular flexibility index (Phi) is 25.9. The van der Waals surface area contributed by atoms with Crippen LogP contribution in [0.4, 0.5) is 0 Å². The van der Waals surface area contributed by atoms with Gasteiger partial charge in [-0.25, -0.2) is 0 Å². The van der Waals surface area contributed by atoms with Gasteiger partial charge in [0.25, 0.3) is 0 Å². The second kappa shape index (κ2) is 33.1. The topological polar surface area (TPSA) is 338 Å². The molecule has 0 spiro atoms. The molecule has 0 bridgehead atoms. The Balaban J connectivity index is 0.868. The second-order valence-corrected chi connectivity index (χ2v) is 24.9. The van der Waals surface area contributed by atoms with Gasteiger partial charge in [-0.15, -0.1) is 12.3 Å². The van der Waals surface area contributed by atoms with Crippen LogP contribution in [0.3, 0.4) is 0 Å². The van der Waals surface area contributed by atoms with Crippen LogP contribution >= 0.6 is 0 Å². The molecule has 90 heavy (non-hydrogen) atoms. The van der Waals surface area contributed by atoms with Crippen molar-refractivity contribution in [3.05, 3.63) is 108 Å². The van der Waals surface area contributed by atoms with E-state index in [9.17, 15) is 30.6 Å². The fraction of sp³-hybridized carbons (Fsp3) is 0.697. The summed E-state index contributed by atoms with van der Waals surface area (Å²) in [6.45, 7) is 11.9. The highest BCUT2D eigenvalue weighted by Crippen LogP contribution is 2.40. The van der Waals surface area contributed by atoms with Gasteiger partial charge in [0.15, 0.2) is 37.7 Å². The van der Waals surface area contributed by atoms with Crippen LogP contribution in [0.1, 0.15) is 78.0 Å². The molecule has 0 radical (unpaired) electrons. The fourth-order valence-corrected chi connectivity index (χ4v) is 12.8. The largest absolute Gasteiger partial charge is 0.394 e. The van der Waals surface area contributed by atoms with E-state index in [1.165, 1.54) is 0 Å². The molecule has 24 heteroatoms. The number of unbranched alkanes of at least 4 members (excludes halogenated alkanes) is 1. The highest BCUT2D eigenvalue weighted by Gasteiger charge is 2.56. The first-order chi connectivity index (χ1) is 43.3. The van der Waals surface area contributed by atoms with Crippen LogP contribution in [-0.4, -0.2) is 217 Å². The predicted octanol–water partition coefficient (Wildman–Crippen LogP) is 2.09. The summed E-state index contributed by atoms with van der Waals surface area (Å²) in [6, 6.07) is 25.9. The van der Waals surface area contributed by atoms with E-state index >= 15 is 0 Å². The van der Waals surface area contributed by atoms with Gasteiger partial charge in [0, 0.05) is 30.1 Å². The normalized spacial score (nSPS) is 42.5. The van der Waals surface area contributed by atoms with Crippen molar-refractivity contribution in [1.29, 1.82) is 0 Å². The Labute approximate surface area is 528 Å². The molecule has 12 N–H and O–H groups in total. The van der Waals surface area contributed by atoms with Gasteiger partial charge in [-0.2, -0.15) is 0 Å². The van der Waals surface area contributed by atoms with E-state index in [0.717, 1.165) is 16.7 Å². The number of hydrogen-bond donors (Lipinski definition) is 9. The third-order valence-electron chi connectivity index (χ3n) is 18.7. The van der Waals surface area contributed by atoms with Crippen LogP contribution in [0.15, 0.2) is 91.0 Å². The lowest BCUT2D eigenvalue weighted by Crippen LogP contribution is -2.67. The Morgan fingerprint density at radius 2 is 0.711 bits per heavy atom. The summed E-state index contributed by atoms with van der Waals surface area (Å²) in [6.07, 6.45) is -17.5. The first-order valence-corrected chi connectivity index (χ1v) is 31.7. The zero-order chi connectivity index (χ0) is 64.3. The van der Waals surface area contributed by atoms with Crippen LogP contribution < -0.4 is 17.2 Å². The van der Waals surface area contributed by atoms with E-state index < -0.39 is 191 Å². The number of nitrogens with two attached hydrogens (primary N) is 3. The van der Waals surface area contributed by atoms with E-state index in [1.807, 2.05) is 119 Å². The van der Waals surface area contributed by atoms with Gasteiger partial charge in [0.05, 0.1) is 107 Å². The van der Waals surface area contributed by atoms with E-state index in [-0.39, 0.29) is 31.8 Å². The Hall–Kier alpha value is -3.74. The lowest BCUT2D eigenvalue weighted by atomic mass is 9.88. The first kappa shape index (κ1) is 70.6. The number of benzene rings is 3. The van der Waals surface area contributed by atoms with Crippen molar-refractivity contribution in [2.45, 2.75) is 241 Å². The second-order valence-electron chi connectivity index (χ2n) is 24.9. The van der Waals surface area contributed by atoms with Gasteiger partial charge in [0.2, 0.25) is 0 Å². The van der Waals surface area contributed by atoms with E-state index in [4.69, 9.17) is 94.7 Å². The zero-order valence-electron chi connectivity index (χ0n) is 52.5. The monoisotopic (exact) mass is 1270 g/mol. The lowest BCUT2D eigenvalue weighted by molar-refractivity contribution is -0.378. The van der Waals surface area contributed by atoms with Crippen LogP contribution in [0.25, 0.3) is 0 Å². The third kappa shape index (κ3) is 16.7. The Morgan fingerprint density at radius 1 is 0.389 bits per heavy atom. The predicted molar refractivity (Wildman–Crippen MR) is 322 cm³/mol. The molecule has 0 aliphatic carbocycles. The minimum Gasteiger partial charge on any atom is -0.394 e. The summed E-state index contributed by atoms with van der Waals surface area (Å²) in [5.41, 5.74) is 23.2. The molecule has 502 valence electrons. The zero-order valence-corrected chi connectivity index (χ0v) is 52.5. The van der Waals surface area contributed by atoms with Crippen molar-refractivity contribution in [2.24, 2.45) is 40.9 Å². The maximum absolute atomic E-state index is 12.4. The molecule has 3 aromatic rings. The molecule has 6 fully saturated rings. The van der Waals surface area contributed by atoms with Crippen LogP contribution in [0.5, 0.6) is 0 Å². The molecule has 6 saturated heterocycles. The van der Waals surface area contributed by atoms with E-state index in [1.54, 1.807) is 20.8 Å². The molecular weight excluding hydrogens is 1170 g/mol. The van der Waals surface area contributed by atoms with Crippen LogP contribution in [-0.2, 0) is 90.9 Å². The minimum absolute atomic E-state index is 0.0465. The van der Waals surface area contributed by atoms with Gasteiger partial charge in [-0.1, -0.05) is 119 Å². The molecule has 6 aliphatic heterocycles. The average molecular weight is 1270 g/mol. The van der Waals surface area contributed by atoms with Gasteiger partial charge in [-0.3, -0.25) is 0 Å². The van der Waals surface area contributed by atoms with Crippen LogP contribution in [0, 0.1) is 36.0 Å². The highest BCUT2D eigenvalue weighted by atomic mass is 16.8. The number of hydrogen-bond acceptors (Lipinski definition) is 24. The third-order valence-corrected chi connectivity index (χ3v) is 18.7. The summed E-state index contributed by atoms with van der Waals surface area (Å²) in [5, 5.41) is 68.8. The van der Waals surface area contributed by atoms with Gasteiger partial charge in [-0.05, 0) is 43.9 Å². The van der Waals surface area contributed by atoms with Crippen molar-refractivity contribution in [1.82, 2.24) is 0 Å². The summed E-state index contributed by atoms with van der Waals surface area (Å²) in [4.78, 5) is 0. The number of terminal acetylenes is 1. The van der Waals surface area contributed by atoms with Crippen molar-refractivity contribution in [3.63, 3.8) is 0 Å². The van der Waals surface area contributed by atoms with Gasteiger partial charge >= 0.3 is 0 Å². The average Bonchev–Trinajstić information content (AvgIpc) is 0.822.